The van der Waals surface area contributed by atoms with Crippen LogP contribution in [0, 0.1) is 3.57 Å². The molecule has 2 atom stereocenters. The molecule has 5 heteroatoms. The van der Waals surface area contributed by atoms with Gasteiger partial charge in [0.2, 0.25) is 0 Å². The molecule has 0 aromatic heterocycles. The first kappa shape index (κ1) is 12.6. The van der Waals surface area contributed by atoms with E-state index in [1.54, 1.807) is 0 Å². The third-order valence-corrected chi connectivity index (χ3v) is 3.74. The van der Waals surface area contributed by atoms with Gasteiger partial charge in [0, 0.05) is 9.99 Å². The van der Waals surface area contributed by atoms with Crippen molar-refractivity contribution in [3.05, 3.63) is 27.3 Å². The van der Waals surface area contributed by atoms with Crippen LogP contribution in [0.1, 0.15) is 12.5 Å². The number of nitrogens with zero attached hydrogens (tertiary/aromatic N) is 1. The first-order valence-corrected chi connectivity index (χ1v) is 6.46. The topological polar surface area (TPSA) is 49.8 Å². The van der Waals surface area contributed by atoms with Gasteiger partial charge in [0.15, 0.2) is 0 Å². The molecule has 17 heavy (non-hydrogen) atoms. The van der Waals surface area contributed by atoms with Crippen molar-refractivity contribution in [2.75, 3.05) is 12.0 Å². The Bertz CT molecular complexity index is 449. The highest BCUT2D eigenvalue weighted by atomic mass is 127. The van der Waals surface area contributed by atoms with Crippen molar-refractivity contribution in [3.63, 3.8) is 0 Å². The normalized spacial score (nSPS) is 23.2. The number of hydrogen-bond donors (Lipinski definition) is 1. The Morgan fingerprint density at radius 1 is 1.59 bits per heavy atom. The van der Waals surface area contributed by atoms with Crippen LogP contribution in [0.5, 0.6) is 0 Å². The van der Waals surface area contributed by atoms with Crippen molar-refractivity contribution in [1.29, 1.82) is 0 Å². The van der Waals surface area contributed by atoms with Gasteiger partial charge in [-0.25, -0.2) is 4.79 Å². The van der Waals surface area contributed by atoms with Gasteiger partial charge in [-0.2, -0.15) is 0 Å². The second-order valence-electron chi connectivity index (χ2n) is 4.13. The van der Waals surface area contributed by atoms with Gasteiger partial charge in [0.25, 0.3) is 0 Å². The molecule has 0 radical (unpaired) electrons. The van der Waals surface area contributed by atoms with Gasteiger partial charge in [-0.05, 0) is 53.3 Å². The quantitative estimate of drug-likeness (QED) is 0.732. The monoisotopic (exact) mass is 347 g/mol. The van der Waals surface area contributed by atoms with Crippen LogP contribution in [0.15, 0.2) is 18.2 Å². The fourth-order valence-electron chi connectivity index (χ4n) is 2.10. The van der Waals surface area contributed by atoms with Gasteiger partial charge in [0.1, 0.15) is 0 Å². The number of aliphatic hydroxyl groups excluding tert-OH is 1. The molecule has 2 rings (SSSR count). The summed E-state index contributed by atoms with van der Waals surface area (Å²) in [7, 11) is 1.35. The Balaban J connectivity index is 2.49. The minimum Gasteiger partial charge on any atom is -0.452 e. The Labute approximate surface area is 114 Å². The fraction of sp³-hybridized carbons (Fsp3) is 0.417. The molecule has 0 unspecified atom stereocenters. The molecular weight excluding hydrogens is 333 g/mol. The lowest BCUT2D eigenvalue weighted by Gasteiger charge is -2.37. The van der Waals surface area contributed by atoms with Crippen LogP contribution in [0.4, 0.5) is 10.5 Å². The molecule has 1 heterocycles. The lowest BCUT2D eigenvalue weighted by molar-refractivity contribution is 0.128. The van der Waals surface area contributed by atoms with Crippen LogP contribution in [0.25, 0.3) is 0 Å². The molecule has 0 fully saturated rings. The smallest absolute Gasteiger partial charge is 0.414 e. The average Bonchev–Trinajstić information content (AvgIpc) is 2.30. The largest absolute Gasteiger partial charge is 0.452 e. The van der Waals surface area contributed by atoms with Crippen molar-refractivity contribution >= 4 is 34.4 Å². The minimum atomic E-state index is -0.556. The first-order chi connectivity index (χ1) is 8.04. The van der Waals surface area contributed by atoms with Crippen LogP contribution in [0.2, 0.25) is 0 Å². The summed E-state index contributed by atoms with van der Waals surface area (Å²) < 4.78 is 5.86. The fourth-order valence-corrected chi connectivity index (χ4v) is 2.66. The third-order valence-electron chi connectivity index (χ3n) is 3.07. The van der Waals surface area contributed by atoms with E-state index in [2.05, 4.69) is 22.6 Å². The van der Waals surface area contributed by atoms with Crippen LogP contribution in [0.3, 0.4) is 0 Å². The molecule has 1 amide bonds. The maximum Gasteiger partial charge on any atom is 0.414 e. The molecule has 1 aromatic carbocycles. The second kappa shape index (κ2) is 4.81. The van der Waals surface area contributed by atoms with Crippen LogP contribution in [-0.2, 0) is 11.2 Å². The Morgan fingerprint density at radius 3 is 2.94 bits per heavy atom. The Hall–Kier alpha value is -0.820. The summed E-state index contributed by atoms with van der Waals surface area (Å²) in [6.07, 6.45) is -0.417. The van der Waals surface area contributed by atoms with Gasteiger partial charge in [0.05, 0.1) is 24.9 Å². The molecule has 0 aliphatic carbocycles. The summed E-state index contributed by atoms with van der Waals surface area (Å²) in [6.45, 7) is 1.82. The highest BCUT2D eigenvalue weighted by molar-refractivity contribution is 14.1. The van der Waals surface area contributed by atoms with E-state index in [4.69, 9.17) is 4.74 Å². The maximum absolute atomic E-state index is 11.8. The first-order valence-electron chi connectivity index (χ1n) is 5.38. The lowest BCUT2D eigenvalue weighted by atomic mass is 9.94. The molecule has 1 aliphatic rings. The number of carbonyl (C=O) groups excluding carboxylic acids is 1. The number of rotatable bonds is 0. The van der Waals surface area contributed by atoms with Gasteiger partial charge in [-0.15, -0.1) is 0 Å². The zero-order valence-electron chi connectivity index (χ0n) is 9.68. The maximum atomic E-state index is 11.8. The number of hydrogen-bond acceptors (Lipinski definition) is 3. The summed E-state index contributed by atoms with van der Waals surface area (Å²) in [6, 6.07) is 5.56. The molecule has 0 saturated carbocycles. The van der Waals surface area contributed by atoms with E-state index in [0.717, 1.165) is 14.8 Å². The highest BCUT2D eigenvalue weighted by Crippen LogP contribution is 2.32. The third kappa shape index (κ3) is 2.26. The highest BCUT2D eigenvalue weighted by Gasteiger charge is 2.34. The van der Waals surface area contributed by atoms with Crippen molar-refractivity contribution in [1.82, 2.24) is 0 Å². The van der Waals surface area contributed by atoms with Gasteiger partial charge >= 0.3 is 6.09 Å². The molecular formula is C12H14INO3. The lowest BCUT2D eigenvalue weighted by Crippen LogP contribution is -2.49. The zero-order chi connectivity index (χ0) is 12.6. The van der Waals surface area contributed by atoms with E-state index in [1.807, 2.05) is 25.1 Å². The van der Waals surface area contributed by atoms with E-state index in [1.165, 1.54) is 12.0 Å². The summed E-state index contributed by atoms with van der Waals surface area (Å²) in [5.74, 6) is 0. The predicted octanol–water partition coefficient (Wildman–Crippen LogP) is 2.17. The summed E-state index contributed by atoms with van der Waals surface area (Å²) in [5.41, 5.74) is 1.81. The average molecular weight is 347 g/mol. The number of anilines is 1. The number of aliphatic hydroxyl groups is 1. The molecule has 92 valence electrons. The Morgan fingerprint density at radius 2 is 2.29 bits per heavy atom. The van der Waals surface area contributed by atoms with Crippen LogP contribution >= 0.6 is 22.6 Å². The standard InChI is InChI=1S/C12H14INO3/c1-7-11(15)6-8-5-9(13)3-4-10(8)14(7)12(16)17-2/h3-5,7,11,15H,6H2,1-2H3/t7-,11+/m0/s1. The van der Waals surface area contributed by atoms with E-state index in [0.29, 0.717) is 6.42 Å². The van der Waals surface area contributed by atoms with Gasteiger partial charge in [-0.3, -0.25) is 4.90 Å². The van der Waals surface area contributed by atoms with E-state index < -0.39 is 12.2 Å². The second-order valence-corrected chi connectivity index (χ2v) is 5.37. The molecule has 4 nitrogen and oxygen atoms in total. The van der Waals surface area contributed by atoms with Crippen LogP contribution < -0.4 is 4.90 Å². The van der Waals surface area contributed by atoms with E-state index >= 15 is 0 Å². The summed E-state index contributed by atoms with van der Waals surface area (Å²) in [5, 5.41) is 9.98. The van der Waals surface area contributed by atoms with E-state index in [9.17, 15) is 9.90 Å². The number of benzene rings is 1. The number of ether oxygens (including phenoxy) is 1. The number of fused-ring (bicyclic) bond motifs is 1. The van der Waals surface area contributed by atoms with Crippen molar-refractivity contribution < 1.29 is 14.6 Å². The Kier molecular flexibility index (Phi) is 3.58. The van der Waals surface area contributed by atoms with E-state index in [-0.39, 0.29) is 6.04 Å². The SMILES string of the molecule is COC(=O)N1c2ccc(I)cc2C[C@@H](O)[C@@H]1C. The van der Waals surface area contributed by atoms with Crippen molar-refractivity contribution in [2.45, 2.75) is 25.5 Å². The number of halogens is 1. The summed E-state index contributed by atoms with van der Waals surface area (Å²) >= 11 is 2.22. The zero-order valence-corrected chi connectivity index (χ0v) is 11.8. The van der Waals surface area contributed by atoms with Gasteiger partial charge in [-0.1, -0.05) is 0 Å². The summed E-state index contributed by atoms with van der Waals surface area (Å²) in [4.78, 5) is 13.3. The molecule has 0 bridgehead atoms. The number of amides is 1. The molecule has 0 saturated heterocycles. The predicted molar refractivity (Wildman–Crippen MR) is 73.2 cm³/mol. The van der Waals surface area contributed by atoms with Crippen LogP contribution in [-0.4, -0.2) is 30.5 Å². The van der Waals surface area contributed by atoms with Crippen molar-refractivity contribution in [3.8, 4) is 0 Å². The minimum absolute atomic E-state index is 0.269. The number of methoxy groups -OCH3 is 1. The molecule has 0 spiro atoms. The molecule has 1 N–H and O–H groups in total. The van der Waals surface area contributed by atoms with Gasteiger partial charge < -0.3 is 9.84 Å². The van der Waals surface area contributed by atoms with Crippen molar-refractivity contribution in [2.24, 2.45) is 0 Å². The number of carbonyl (C=O) groups is 1. The molecule has 1 aromatic rings. The molecule has 1 aliphatic heterocycles.